The molecule has 0 saturated carbocycles. The molecule has 1 atom stereocenters. The standard InChI is InChI=1S/C15H20N2O3S/c18-15(17-11-14-8-10-21(19,20)12-14)16-9-4-7-13-5-2-1-3-6-13/h1-7,14H,8-12H2,(H2,16,17,18)/b7-4+/t14-/m1/s1. The Hall–Kier alpha value is -1.82. The fraction of sp³-hybridized carbons (Fsp3) is 0.400. The molecule has 0 aromatic heterocycles. The van der Waals surface area contributed by atoms with E-state index in [4.69, 9.17) is 0 Å². The van der Waals surface area contributed by atoms with Gasteiger partial charge in [0, 0.05) is 13.1 Å². The van der Waals surface area contributed by atoms with Gasteiger partial charge in [0.05, 0.1) is 11.5 Å². The minimum absolute atomic E-state index is 0.0422. The van der Waals surface area contributed by atoms with Crippen LogP contribution in [0.3, 0.4) is 0 Å². The summed E-state index contributed by atoms with van der Waals surface area (Å²) in [6.07, 6.45) is 4.44. The number of rotatable bonds is 5. The summed E-state index contributed by atoms with van der Waals surface area (Å²) >= 11 is 0. The van der Waals surface area contributed by atoms with Gasteiger partial charge in [-0.1, -0.05) is 42.5 Å². The highest BCUT2D eigenvalue weighted by Gasteiger charge is 2.27. The first-order valence-electron chi connectivity index (χ1n) is 6.99. The Balaban J connectivity index is 1.63. The van der Waals surface area contributed by atoms with E-state index in [1.165, 1.54) is 0 Å². The van der Waals surface area contributed by atoms with Gasteiger partial charge in [-0.05, 0) is 17.9 Å². The van der Waals surface area contributed by atoms with E-state index in [-0.39, 0.29) is 23.5 Å². The van der Waals surface area contributed by atoms with Crippen molar-refractivity contribution in [3.63, 3.8) is 0 Å². The Morgan fingerprint density at radius 2 is 2.00 bits per heavy atom. The topological polar surface area (TPSA) is 75.3 Å². The first kappa shape index (κ1) is 15.6. The van der Waals surface area contributed by atoms with E-state index in [0.717, 1.165) is 5.56 Å². The Labute approximate surface area is 125 Å². The van der Waals surface area contributed by atoms with Crippen molar-refractivity contribution in [1.29, 1.82) is 0 Å². The molecular formula is C15H20N2O3S. The predicted molar refractivity (Wildman–Crippen MR) is 83.6 cm³/mol. The van der Waals surface area contributed by atoms with Crippen LogP contribution >= 0.6 is 0 Å². The molecule has 0 unspecified atom stereocenters. The van der Waals surface area contributed by atoms with E-state index in [1.54, 1.807) is 0 Å². The molecule has 2 rings (SSSR count). The number of carbonyl (C=O) groups is 1. The summed E-state index contributed by atoms with van der Waals surface area (Å²) in [7, 11) is -2.88. The van der Waals surface area contributed by atoms with Crippen LogP contribution in [0.25, 0.3) is 6.08 Å². The van der Waals surface area contributed by atoms with Gasteiger partial charge in [0.25, 0.3) is 0 Å². The summed E-state index contributed by atoms with van der Waals surface area (Å²) < 4.78 is 22.6. The number of amides is 2. The maximum atomic E-state index is 11.6. The number of hydrogen-bond donors (Lipinski definition) is 2. The molecule has 6 heteroatoms. The lowest BCUT2D eigenvalue weighted by atomic mass is 10.1. The van der Waals surface area contributed by atoms with Crippen LogP contribution < -0.4 is 10.6 Å². The maximum Gasteiger partial charge on any atom is 0.315 e. The monoisotopic (exact) mass is 308 g/mol. The summed E-state index contributed by atoms with van der Waals surface area (Å²) in [5.74, 6) is 0.461. The Morgan fingerprint density at radius 1 is 1.24 bits per heavy atom. The molecule has 1 fully saturated rings. The van der Waals surface area contributed by atoms with E-state index < -0.39 is 9.84 Å². The highest BCUT2D eigenvalue weighted by Crippen LogP contribution is 2.17. The zero-order valence-electron chi connectivity index (χ0n) is 11.8. The second-order valence-corrected chi connectivity index (χ2v) is 7.40. The van der Waals surface area contributed by atoms with Gasteiger partial charge in [0.1, 0.15) is 0 Å². The SMILES string of the molecule is O=C(NC/C=C/c1ccccc1)NC[C@H]1CCS(=O)(=O)C1. The third kappa shape index (κ3) is 5.59. The molecule has 5 nitrogen and oxygen atoms in total. The highest BCUT2D eigenvalue weighted by atomic mass is 32.2. The van der Waals surface area contributed by atoms with Crippen LogP contribution in [0, 0.1) is 5.92 Å². The smallest absolute Gasteiger partial charge is 0.315 e. The third-order valence-electron chi connectivity index (χ3n) is 3.37. The van der Waals surface area contributed by atoms with E-state index in [2.05, 4.69) is 10.6 Å². The summed E-state index contributed by atoms with van der Waals surface area (Å²) in [4.78, 5) is 11.6. The molecule has 2 amide bonds. The van der Waals surface area contributed by atoms with Gasteiger partial charge in [-0.2, -0.15) is 0 Å². The lowest BCUT2D eigenvalue weighted by Gasteiger charge is -2.09. The fourth-order valence-corrected chi connectivity index (χ4v) is 4.11. The second kappa shape index (κ2) is 7.26. The molecule has 114 valence electrons. The van der Waals surface area contributed by atoms with Crippen molar-refractivity contribution in [2.75, 3.05) is 24.6 Å². The normalized spacial score (nSPS) is 20.5. The zero-order chi connectivity index (χ0) is 15.1. The molecule has 0 aliphatic carbocycles. The molecule has 1 aromatic rings. The Morgan fingerprint density at radius 3 is 2.67 bits per heavy atom. The van der Waals surface area contributed by atoms with Crippen molar-refractivity contribution in [2.24, 2.45) is 5.92 Å². The van der Waals surface area contributed by atoms with Gasteiger partial charge in [0.15, 0.2) is 9.84 Å². The largest absolute Gasteiger partial charge is 0.338 e. The summed E-state index contributed by atoms with van der Waals surface area (Å²) in [6.45, 7) is 0.844. The first-order chi connectivity index (χ1) is 10.1. The van der Waals surface area contributed by atoms with Crippen LogP contribution in [-0.2, 0) is 9.84 Å². The molecule has 0 radical (unpaired) electrons. The van der Waals surface area contributed by atoms with Crippen molar-refractivity contribution < 1.29 is 13.2 Å². The van der Waals surface area contributed by atoms with Gasteiger partial charge in [-0.25, -0.2) is 13.2 Å². The molecule has 1 aromatic carbocycles. The van der Waals surface area contributed by atoms with E-state index in [0.29, 0.717) is 19.5 Å². The van der Waals surface area contributed by atoms with Gasteiger partial charge < -0.3 is 10.6 Å². The quantitative estimate of drug-likeness (QED) is 0.864. The zero-order valence-corrected chi connectivity index (χ0v) is 12.6. The van der Waals surface area contributed by atoms with Crippen molar-refractivity contribution in [1.82, 2.24) is 10.6 Å². The molecule has 0 bridgehead atoms. The van der Waals surface area contributed by atoms with Crippen molar-refractivity contribution in [3.05, 3.63) is 42.0 Å². The molecule has 1 heterocycles. The predicted octanol–water partition coefficient (Wildman–Crippen LogP) is 1.43. The Kier molecular flexibility index (Phi) is 5.38. The van der Waals surface area contributed by atoms with Gasteiger partial charge in [0.2, 0.25) is 0 Å². The van der Waals surface area contributed by atoms with Crippen LogP contribution in [0.1, 0.15) is 12.0 Å². The number of carbonyl (C=O) groups excluding carboxylic acids is 1. The van der Waals surface area contributed by atoms with Crippen molar-refractivity contribution in [2.45, 2.75) is 6.42 Å². The molecule has 2 N–H and O–H groups in total. The van der Waals surface area contributed by atoms with E-state index in [9.17, 15) is 13.2 Å². The van der Waals surface area contributed by atoms with Gasteiger partial charge in [-0.15, -0.1) is 0 Å². The summed E-state index contributed by atoms with van der Waals surface area (Å²) in [5, 5.41) is 5.42. The number of sulfone groups is 1. The molecule has 1 aliphatic heterocycles. The highest BCUT2D eigenvalue weighted by molar-refractivity contribution is 7.91. The minimum atomic E-state index is -2.88. The molecular weight excluding hydrogens is 288 g/mol. The molecule has 21 heavy (non-hydrogen) atoms. The second-order valence-electron chi connectivity index (χ2n) is 5.17. The first-order valence-corrected chi connectivity index (χ1v) is 8.81. The van der Waals surface area contributed by atoms with Gasteiger partial charge >= 0.3 is 6.03 Å². The minimum Gasteiger partial charge on any atom is -0.338 e. The van der Waals surface area contributed by atoms with Gasteiger partial charge in [-0.3, -0.25) is 0 Å². The van der Waals surface area contributed by atoms with Crippen LogP contribution in [0.2, 0.25) is 0 Å². The molecule has 1 aliphatic rings. The lowest BCUT2D eigenvalue weighted by molar-refractivity contribution is 0.240. The summed E-state index contributed by atoms with van der Waals surface area (Å²) in [5.41, 5.74) is 1.08. The lowest BCUT2D eigenvalue weighted by Crippen LogP contribution is -2.38. The number of nitrogens with one attached hydrogen (secondary N) is 2. The average Bonchev–Trinajstić information content (AvgIpc) is 2.82. The van der Waals surface area contributed by atoms with Crippen LogP contribution in [-0.4, -0.2) is 39.0 Å². The Bertz CT molecular complexity index is 597. The van der Waals surface area contributed by atoms with Crippen LogP contribution in [0.15, 0.2) is 36.4 Å². The molecule has 0 spiro atoms. The fourth-order valence-electron chi connectivity index (χ4n) is 2.24. The van der Waals surface area contributed by atoms with Crippen LogP contribution in [0.4, 0.5) is 4.79 Å². The van der Waals surface area contributed by atoms with Crippen molar-refractivity contribution >= 4 is 21.9 Å². The number of urea groups is 1. The number of hydrogen-bond acceptors (Lipinski definition) is 3. The average molecular weight is 308 g/mol. The summed E-state index contributed by atoms with van der Waals surface area (Å²) in [6, 6.07) is 9.56. The third-order valence-corrected chi connectivity index (χ3v) is 5.21. The maximum absolute atomic E-state index is 11.6. The van der Waals surface area contributed by atoms with E-state index >= 15 is 0 Å². The van der Waals surface area contributed by atoms with E-state index in [1.807, 2.05) is 42.5 Å². The molecule has 1 saturated heterocycles. The van der Waals surface area contributed by atoms with Crippen molar-refractivity contribution in [3.8, 4) is 0 Å². The number of benzene rings is 1. The van der Waals surface area contributed by atoms with Crippen LogP contribution in [0.5, 0.6) is 0 Å².